The van der Waals surface area contributed by atoms with Crippen molar-refractivity contribution in [1.29, 1.82) is 0 Å². The molecule has 1 heterocycles. The predicted molar refractivity (Wildman–Crippen MR) is 130 cm³/mol. The van der Waals surface area contributed by atoms with E-state index in [9.17, 15) is 14.9 Å². The lowest BCUT2D eigenvalue weighted by atomic mass is 9.91. The molecular formula is C24H28N6O4. The molecule has 10 heteroatoms. The third kappa shape index (κ3) is 5.69. The molecule has 3 aromatic rings. The number of para-hydroxylation sites is 1. The number of hydrogen-bond acceptors (Lipinski definition) is 8. The van der Waals surface area contributed by atoms with Gasteiger partial charge in [0, 0.05) is 43.7 Å². The number of hydrogen-bond donors (Lipinski definition) is 2. The summed E-state index contributed by atoms with van der Waals surface area (Å²) in [5, 5.41) is 18.1. The van der Waals surface area contributed by atoms with Crippen LogP contribution in [0.15, 0.2) is 48.5 Å². The van der Waals surface area contributed by atoms with E-state index in [0.29, 0.717) is 11.5 Å². The monoisotopic (exact) mass is 464 g/mol. The summed E-state index contributed by atoms with van der Waals surface area (Å²) >= 11 is 0. The summed E-state index contributed by atoms with van der Waals surface area (Å²) in [5.74, 6) is 1.49. The molecule has 178 valence electrons. The molecule has 2 N–H and O–H groups in total. The van der Waals surface area contributed by atoms with Crippen molar-refractivity contribution in [2.24, 2.45) is 0 Å². The van der Waals surface area contributed by atoms with Crippen molar-refractivity contribution in [3.05, 3.63) is 64.2 Å². The van der Waals surface area contributed by atoms with Gasteiger partial charge in [-0.25, -0.2) is 9.78 Å². The molecular weight excluding hydrogens is 436 g/mol. The Morgan fingerprint density at radius 2 is 1.74 bits per heavy atom. The maximum Gasteiger partial charge on any atom is 0.407 e. The molecule has 0 saturated heterocycles. The molecule has 1 aliphatic rings. The van der Waals surface area contributed by atoms with Crippen molar-refractivity contribution in [3.63, 3.8) is 0 Å². The minimum Gasteiger partial charge on any atom is -0.445 e. The maximum atomic E-state index is 12.2. The Hall–Kier alpha value is -3.95. The molecule has 2 aromatic carbocycles. The van der Waals surface area contributed by atoms with Gasteiger partial charge in [0.25, 0.3) is 5.69 Å². The van der Waals surface area contributed by atoms with Crippen LogP contribution in [-0.2, 0) is 11.3 Å². The third-order valence-corrected chi connectivity index (χ3v) is 5.91. The summed E-state index contributed by atoms with van der Waals surface area (Å²) in [4.78, 5) is 33.8. The fraction of sp³-hybridized carbons (Fsp3) is 0.375. The minimum atomic E-state index is -0.483. The lowest BCUT2D eigenvalue weighted by Gasteiger charge is -2.29. The molecule has 0 aliphatic heterocycles. The number of nitrogens with one attached hydrogen (secondary N) is 2. The van der Waals surface area contributed by atoms with Crippen LogP contribution >= 0.6 is 0 Å². The number of aromatic nitrogens is 2. The van der Waals surface area contributed by atoms with Gasteiger partial charge in [-0.15, -0.1) is 0 Å². The van der Waals surface area contributed by atoms with Crippen LogP contribution in [0.1, 0.15) is 31.2 Å². The number of fused-ring (bicyclic) bond motifs is 1. The molecule has 4 rings (SSSR count). The quantitative estimate of drug-likeness (QED) is 0.393. The Labute approximate surface area is 197 Å². The summed E-state index contributed by atoms with van der Waals surface area (Å²) in [5.41, 5.74) is 1.60. The van der Waals surface area contributed by atoms with E-state index in [0.717, 1.165) is 42.4 Å². The largest absolute Gasteiger partial charge is 0.445 e. The molecule has 0 atom stereocenters. The molecule has 1 aliphatic carbocycles. The van der Waals surface area contributed by atoms with Gasteiger partial charge in [-0.05, 0) is 55.5 Å². The number of anilines is 2. The number of nitro benzene ring substituents is 1. The Balaban J connectivity index is 1.26. The number of carbonyl (C=O) groups excluding carboxylic acids is 1. The molecule has 1 saturated carbocycles. The normalized spacial score (nSPS) is 17.7. The zero-order chi connectivity index (χ0) is 24.1. The van der Waals surface area contributed by atoms with E-state index in [4.69, 9.17) is 9.72 Å². The number of ether oxygens (including phenoxy) is 1. The van der Waals surface area contributed by atoms with Gasteiger partial charge in [0.05, 0.1) is 10.4 Å². The van der Waals surface area contributed by atoms with Crippen molar-refractivity contribution in [3.8, 4) is 0 Å². The summed E-state index contributed by atoms with van der Waals surface area (Å²) in [6, 6.07) is 14.2. The zero-order valence-electron chi connectivity index (χ0n) is 19.2. The first-order chi connectivity index (χ1) is 16.4. The van der Waals surface area contributed by atoms with Crippen molar-refractivity contribution in [1.82, 2.24) is 15.3 Å². The average Bonchev–Trinajstić information content (AvgIpc) is 2.83. The van der Waals surface area contributed by atoms with Crippen molar-refractivity contribution < 1.29 is 14.5 Å². The van der Waals surface area contributed by atoms with Crippen LogP contribution in [-0.4, -0.2) is 47.2 Å². The number of benzene rings is 2. The standard InChI is InChI=1S/C24H28N6O4/c1-29(2)22-20-5-3-4-6-21(20)27-23(28-22)25-17-9-11-18(12-10-17)26-24(31)34-15-16-7-13-19(14-8-16)30(32)33/h3-8,13-14,17-18H,9-12,15H2,1-2H3,(H,26,31)(H,25,27,28). The summed E-state index contributed by atoms with van der Waals surface area (Å²) in [6.45, 7) is 0.0637. The van der Waals surface area contributed by atoms with Gasteiger partial charge in [0.15, 0.2) is 0 Å². The number of rotatable bonds is 7. The SMILES string of the molecule is CN(C)c1nc(NC2CCC(NC(=O)OCc3ccc([N+](=O)[O-])cc3)CC2)nc2ccccc12. The highest BCUT2D eigenvalue weighted by Gasteiger charge is 2.24. The Morgan fingerprint density at radius 1 is 1.06 bits per heavy atom. The molecule has 1 aromatic heterocycles. The van der Waals surface area contributed by atoms with Crippen LogP contribution in [0, 0.1) is 10.1 Å². The van der Waals surface area contributed by atoms with Crippen LogP contribution < -0.4 is 15.5 Å². The molecule has 10 nitrogen and oxygen atoms in total. The molecule has 0 bridgehead atoms. The highest BCUT2D eigenvalue weighted by Crippen LogP contribution is 2.26. The lowest BCUT2D eigenvalue weighted by Crippen LogP contribution is -2.40. The number of nitrogens with zero attached hydrogens (tertiary/aromatic N) is 4. The molecule has 1 fully saturated rings. The van der Waals surface area contributed by atoms with E-state index in [1.165, 1.54) is 12.1 Å². The number of non-ortho nitro benzene ring substituents is 1. The smallest absolute Gasteiger partial charge is 0.407 e. The lowest BCUT2D eigenvalue weighted by molar-refractivity contribution is -0.384. The summed E-state index contributed by atoms with van der Waals surface area (Å²) in [6.07, 6.45) is 2.90. The number of alkyl carbamates (subject to hydrolysis) is 1. The van der Waals surface area contributed by atoms with Gasteiger partial charge in [-0.3, -0.25) is 10.1 Å². The van der Waals surface area contributed by atoms with Gasteiger partial charge in [0.2, 0.25) is 5.95 Å². The third-order valence-electron chi connectivity index (χ3n) is 5.91. The van der Waals surface area contributed by atoms with Crippen LogP contribution in [0.3, 0.4) is 0 Å². The number of amides is 1. The average molecular weight is 465 g/mol. The van der Waals surface area contributed by atoms with Gasteiger partial charge < -0.3 is 20.3 Å². The summed E-state index contributed by atoms with van der Waals surface area (Å²) < 4.78 is 5.27. The van der Waals surface area contributed by atoms with E-state index in [-0.39, 0.29) is 24.4 Å². The van der Waals surface area contributed by atoms with Crippen molar-refractivity contribution in [2.75, 3.05) is 24.3 Å². The Kier molecular flexibility index (Phi) is 7.05. The molecule has 0 radical (unpaired) electrons. The maximum absolute atomic E-state index is 12.2. The van der Waals surface area contributed by atoms with Crippen LogP contribution in [0.25, 0.3) is 10.9 Å². The second-order valence-corrected chi connectivity index (χ2v) is 8.62. The summed E-state index contributed by atoms with van der Waals surface area (Å²) in [7, 11) is 3.94. The fourth-order valence-electron chi connectivity index (χ4n) is 4.10. The fourth-order valence-corrected chi connectivity index (χ4v) is 4.10. The highest BCUT2D eigenvalue weighted by molar-refractivity contribution is 5.90. The predicted octanol–water partition coefficient (Wildman–Crippen LogP) is 4.25. The van der Waals surface area contributed by atoms with Crippen molar-refractivity contribution >= 4 is 34.4 Å². The van der Waals surface area contributed by atoms with Crippen molar-refractivity contribution in [2.45, 2.75) is 44.4 Å². The van der Waals surface area contributed by atoms with E-state index in [1.807, 2.05) is 43.3 Å². The topological polar surface area (TPSA) is 123 Å². The number of carbonyl (C=O) groups is 1. The zero-order valence-corrected chi connectivity index (χ0v) is 19.2. The molecule has 1 amide bonds. The second-order valence-electron chi connectivity index (χ2n) is 8.62. The van der Waals surface area contributed by atoms with E-state index < -0.39 is 11.0 Å². The Morgan fingerprint density at radius 3 is 2.41 bits per heavy atom. The minimum absolute atomic E-state index is 0.00518. The second kappa shape index (κ2) is 10.3. The van der Waals surface area contributed by atoms with Crippen LogP contribution in [0.5, 0.6) is 0 Å². The van der Waals surface area contributed by atoms with Crippen LogP contribution in [0.2, 0.25) is 0 Å². The molecule has 34 heavy (non-hydrogen) atoms. The highest BCUT2D eigenvalue weighted by atomic mass is 16.6. The van der Waals surface area contributed by atoms with E-state index in [2.05, 4.69) is 15.6 Å². The van der Waals surface area contributed by atoms with Crippen LogP contribution in [0.4, 0.5) is 22.2 Å². The van der Waals surface area contributed by atoms with Gasteiger partial charge >= 0.3 is 6.09 Å². The van der Waals surface area contributed by atoms with E-state index >= 15 is 0 Å². The van der Waals surface area contributed by atoms with Gasteiger partial charge in [-0.2, -0.15) is 4.98 Å². The van der Waals surface area contributed by atoms with E-state index in [1.54, 1.807) is 12.1 Å². The first-order valence-electron chi connectivity index (χ1n) is 11.3. The first-order valence-corrected chi connectivity index (χ1v) is 11.3. The van der Waals surface area contributed by atoms with Gasteiger partial charge in [-0.1, -0.05) is 12.1 Å². The van der Waals surface area contributed by atoms with Gasteiger partial charge in [0.1, 0.15) is 12.4 Å². The Bertz CT molecular complexity index is 1160. The first kappa shape index (κ1) is 23.2. The molecule has 0 unspecified atom stereocenters. The number of nitro groups is 1. The molecule has 0 spiro atoms.